The Hall–Kier alpha value is -1.32. The molecule has 0 spiro atoms. The molecule has 0 unspecified atom stereocenters. The molecule has 23 heavy (non-hydrogen) atoms. The summed E-state index contributed by atoms with van der Waals surface area (Å²) in [5.74, 6) is -0.517. The van der Waals surface area contributed by atoms with E-state index in [-0.39, 0.29) is 20.9 Å². The van der Waals surface area contributed by atoms with Gasteiger partial charge in [0.05, 0.1) is 0 Å². The topological polar surface area (TPSA) is 52.6 Å². The summed E-state index contributed by atoms with van der Waals surface area (Å²) in [6, 6.07) is 10.4. The van der Waals surface area contributed by atoms with Crippen LogP contribution in [0.1, 0.15) is 19.3 Å². The Morgan fingerprint density at radius 1 is 1.04 bits per heavy atom. The molecule has 0 radical (unpaired) electrons. The van der Waals surface area contributed by atoms with E-state index in [9.17, 15) is 9.59 Å². The average molecular weight is 381 g/mol. The Bertz CT molecular complexity index is 558. The maximum atomic E-state index is 12.3. The molecule has 1 aromatic rings. The van der Waals surface area contributed by atoms with Crippen molar-refractivity contribution in [3.05, 3.63) is 30.3 Å². The van der Waals surface area contributed by atoms with Crippen molar-refractivity contribution in [2.45, 2.75) is 24.1 Å². The van der Waals surface area contributed by atoms with Gasteiger partial charge in [-0.25, -0.2) is 0 Å². The SMILES string of the molecule is COC(=O)C(C(=O)OC)[C@@H]1[C@H]2CC[C@H](C2)[C@@H]1[Se]c1ccccc1. The molecule has 0 aromatic heterocycles. The van der Waals surface area contributed by atoms with Crippen LogP contribution < -0.4 is 4.46 Å². The molecule has 2 fully saturated rings. The first kappa shape index (κ1) is 16.5. The Balaban J connectivity index is 1.87. The van der Waals surface area contributed by atoms with E-state index < -0.39 is 17.9 Å². The number of hydrogen-bond donors (Lipinski definition) is 0. The zero-order valence-electron chi connectivity index (χ0n) is 13.4. The van der Waals surface area contributed by atoms with Crippen molar-refractivity contribution in [3.8, 4) is 0 Å². The van der Waals surface area contributed by atoms with Crippen LogP contribution in [0.2, 0.25) is 4.82 Å². The summed E-state index contributed by atoms with van der Waals surface area (Å²) >= 11 is 0.256. The first-order valence-electron chi connectivity index (χ1n) is 8.03. The van der Waals surface area contributed by atoms with Gasteiger partial charge in [-0.2, -0.15) is 0 Å². The van der Waals surface area contributed by atoms with Crippen LogP contribution in [-0.2, 0) is 19.1 Å². The van der Waals surface area contributed by atoms with Crippen LogP contribution in [0, 0.1) is 23.7 Å². The van der Waals surface area contributed by atoms with Gasteiger partial charge in [0.15, 0.2) is 0 Å². The fourth-order valence-electron chi connectivity index (χ4n) is 4.24. The van der Waals surface area contributed by atoms with Crippen LogP contribution in [0.4, 0.5) is 0 Å². The summed E-state index contributed by atoms with van der Waals surface area (Å²) in [6.07, 6.45) is 3.46. The third kappa shape index (κ3) is 3.17. The van der Waals surface area contributed by atoms with E-state index in [0.717, 1.165) is 12.8 Å². The second-order valence-electron chi connectivity index (χ2n) is 6.33. The van der Waals surface area contributed by atoms with Crippen molar-refractivity contribution in [1.29, 1.82) is 0 Å². The summed E-state index contributed by atoms with van der Waals surface area (Å²) in [7, 11) is 2.70. The molecule has 0 aliphatic heterocycles. The summed E-state index contributed by atoms with van der Waals surface area (Å²) in [4.78, 5) is 24.9. The molecule has 3 rings (SSSR count). The molecule has 4 nitrogen and oxygen atoms in total. The van der Waals surface area contributed by atoms with Crippen LogP contribution in [0.25, 0.3) is 0 Å². The van der Waals surface area contributed by atoms with Crippen LogP contribution in [0.5, 0.6) is 0 Å². The number of methoxy groups -OCH3 is 2. The van der Waals surface area contributed by atoms with Gasteiger partial charge in [0.2, 0.25) is 0 Å². The number of fused-ring (bicyclic) bond motifs is 2. The number of ether oxygens (including phenoxy) is 2. The average Bonchev–Trinajstić information content (AvgIpc) is 3.18. The van der Waals surface area contributed by atoms with Crippen molar-refractivity contribution in [1.82, 2.24) is 0 Å². The quantitative estimate of drug-likeness (QED) is 0.444. The third-order valence-corrected chi connectivity index (χ3v) is 8.39. The van der Waals surface area contributed by atoms with Crippen LogP contribution in [0.15, 0.2) is 30.3 Å². The number of carbonyl (C=O) groups excluding carboxylic acids is 2. The Labute approximate surface area is 143 Å². The zero-order chi connectivity index (χ0) is 16.4. The molecular formula is C18H22O4Se. The molecule has 5 heteroatoms. The fraction of sp³-hybridized carbons (Fsp3) is 0.556. The molecule has 2 saturated carbocycles. The molecule has 0 amide bonds. The molecule has 0 N–H and O–H groups in total. The maximum absolute atomic E-state index is 12.3. The summed E-state index contributed by atoms with van der Waals surface area (Å²) in [5.41, 5.74) is 0. The number of benzene rings is 1. The van der Waals surface area contributed by atoms with E-state index >= 15 is 0 Å². The predicted octanol–water partition coefficient (Wildman–Crippen LogP) is 1.81. The molecule has 2 bridgehead atoms. The van der Waals surface area contributed by atoms with Gasteiger partial charge in [0.1, 0.15) is 0 Å². The van der Waals surface area contributed by atoms with Crippen molar-refractivity contribution in [2.24, 2.45) is 23.7 Å². The van der Waals surface area contributed by atoms with E-state index in [2.05, 4.69) is 24.3 Å². The minimum absolute atomic E-state index is 0.0638. The molecule has 1 aromatic carbocycles. The second kappa shape index (κ2) is 7.06. The second-order valence-corrected chi connectivity index (χ2v) is 8.96. The van der Waals surface area contributed by atoms with Gasteiger partial charge in [-0.1, -0.05) is 0 Å². The Kier molecular flexibility index (Phi) is 5.08. The molecule has 124 valence electrons. The van der Waals surface area contributed by atoms with E-state index in [4.69, 9.17) is 9.47 Å². The van der Waals surface area contributed by atoms with Crippen molar-refractivity contribution in [3.63, 3.8) is 0 Å². The van der Waals surface area contributed by atoms with E-state index in [1.54, 1.807) is 0 Å². The van der Waals surface area contributed by atoms with Crippen LogP contribution in [-0.4, -0.2) is 41.1 Å². The van der Waals surface area contributed by atoms with Gasteiger partial charge < -0.3 is 0 Å². The first-order valence-corrected chi connectivity index (χ1v) is 9.87. The van der Waals surface area contributed by atoms with Gasteiger partial charge in [-0.3, -0.25) is 0 Å². The van der Waals surface area contributed by atoms with Gasteiger partial charge in [0, 0.05) is 0 Å². The predicted molar refractivity (Wildman–Crippen MR) is 87.4 cm³/mol. The number of hydrogen-bond acceptors (Lipinski definition) is 4. The summed E-state index contributed by atoms with van der Waals surface area (Å²) < 4.78 is 11.2. The Morgan fingerprint density at radius 2 is 1.65 bits per heavy atom. The van der Waals surface area contributed by atoms with Gasteiger partial charge in [-0.15, -0.1) is 0 Å². The van der Waals surface area contributed by atoms with Gasteiger partial charge >= 0.3 is 143 Å². The number of esters is 2. The van der Waals surface area contributed by atoms with E-state index in [1.165, 1.54) is 25.1 Å². The summed E-state index contributed by atoms with van der Waals surface area (Å²) in [6.45, 7) is 0. The summed E-state index contributed by atoms with van der Waals surface area (Å²) in [5, 5.41) is 0. The van der Waals surface area contributed by atoms with Crippen molar-refractivity contribution in [2.75, 3.05) is 14.2 Å². The molecule has 2 aliphatic carbocycles. The normalized spacial score (nSPS) is 28.8. The Morgan fingerprint density at radius 3 is 2.26 bits per heavy atom. The molecule has 0 saturated heterocycles. The van der Waals surface area contributed by atoms with Crippen molar-refractivity contribution >= 4 is 31.4 Å². The van der Waals surface area contributed by atoms with Gasteiger partial charge in [-0.05, 0) is 0 Å². The monoisotopic (exact) mass is 382 g/mol. The zero-order valence-corrected chi connectivity index (χ0v) is 15.1. The standard InChI is InChI=1S/C18H22O4Se/c1-21-17(19)15(18(20)22-2)14-11-8-9-12(10-11)16(14)23-13-6-4-3-5-7-13/h3-7,11-12,14-16H,8-10H2,1-2H3/t11-,12+,14-,16-/m0/s1. The molecule has 2 aliphatic rings. The first-order chi connectivity index (χ1) is 11.2. The van der Waals surface area contributed by atoms with Crippen molar-refractivity contribution < 1.29 is 19.1 Å². The van der Waals surface area contributed by atoms with E-state index in [0.29, 0.717) is 16.7 Å². The van der Waals surface area contributed by atoms with E-state index in [1.807, 2.05) is 6.07 Å². The molecule has 0 heterocycles. The molecule has 4 atom stereocenters. The third-order valence-electron chi connectivity index (χ3n) is 5.21. The van der Waals surface area contributed by atoms with Crippen LogP contribution >= 0.6 is 0 Å². The van der Waals surface area contributed by atoms with Gasteiger partial charge in [0.25, 0.3) is 0 Å². The molecular weight excluding hydrogens is 359 g/mol. The fourth-order valence-corrected chi connectivity index (χ4v) is 7.61. The minimum atomic E-state index is -0.768. The number of carbonyl (C=O) groups is 2. The number of rotatable bonds is 5. The van der Waals surface area contributed by atoms with Crippen LogP contribution in [0.3, 0.4) is 0 Å².